The van der Waals surface area contributed by atoms with Gasteiger partial charge in [-0.15, -0.1) is 0 Å². The molecular weight excluding hydrogens is 268 g/mol. The van der Waals surface area contributed by atoms with Crippen LogP contribution in [0, 0.1) is 0 Å². The lowest BCUT2D eigenvalue weighted by Crippen LogP contribution is -2.58. The number of carbonyl (C=O) groups is 1. The minimum Gasteiger partial charge on any atom is -0.391 e. The van der Waals surface area contributed by atoms with Gasteiger partial charge in [0.1, 0.15) is 11.7 Å². The number of likely N-dealkylation sites (N-methyl/N-ethyl adjacent to an activating group) is 1. The third kappa shape index (κ3) is 1.78. The third-order valence-electron chi connectivity index (χ3n) is 3.70. The van der Waals surface area contributed by atoms with E-state index in [0.29, 0.717) is 12.4 Å². The molecule has 0 radical (unpaired) electrons. The highest BCUT2D eigenvalue weighted by Gasteiger charge is 2.42. The molecule has 2 aliphatic rings. The molecule has 0 spiro atoms. The fourth-order valence-electron chi connectivity index (χ4n) is 2.88. The van der Waals surface area contributed by atoms with E-state index in [1.165, 1.54) is 0 Å². The lowest BCUT2D eigenvalue weighted by atomic mass is 10.00. The van der Waals surface area contributed by atoms with Crippen molar-refractivity contribution in [2.45, 2.75) is 31.9 Å². The van der Waals surface area contributed by atoms with Crippen LogP contribution in [0.2, 0.25) is 5.28 Å². The number of amides is 1. The topological polar surface area (TPSA) is 69.6 Å². The average molecular weight is 283 g/mol. The summed E-state index contributed by atoms with van der Waals surface area (Å²) in [4.78, 5) is 24.3. The zero-order chi connectivity index (χ0) is 13.7. The molecule has 6 nitrogen and oxygen atoms in total. The Morgan fingerprint density at radius 1 is 1.47 bits per heavy atom. The summed E-state index contributed by atoms with van der Waals surface area (Å²) in [6, 6.07) is -0.621. The fourth-order valence-corrected chi connectivity index (χ4v) is 3.06. The highest BCUT2D eigenvalue weighted by atomic mass is 35.5. The van der Waals surface area contributed by atoms with Crippen LogP contribution in [0.15, 0.2) is 0 Å². The number of aliphatic hydroxyl groups excluding tert-OH is 1. The summed E-state index contributed by atoms with van der Waals surface area (Å²) in [5.41, 5.74) is 1.56. The van der Waals surface area contributed by atoms with Gasteiger partial charge in [-0.05, 0) is 31.4 Å². The van der Waals surface area contributed by atoms with Gasteiger partial charge in [0.2, 0.25) is 5.28 Å². The summed E-state index contributed by atoms with van der Waals surface area (Å²) in [5, 5.41) is 10.0. The van der Waals surface area contributed by atoms with E-state index in [4.69, 9.17) is 11.6 Å². The van der Waals surface area contributed by atoms with E-state index >= 15 is 0 Å². The van der Waals surface area contributed by atoms with Crippen LogP contribution in [0.4, 0.5) is 11.5 Å². The normalized spacial score (nSPS) is 23.4. The Morgan fingerprint density at radius 3 is 2.89 bits per heavy atom. The van der Waals surface area contributed by atoms with Gasteiger partial charge < -0.3 is 14.9 Å². The van der Waals surface area contributed by atoms with Crippen LogP contribution < -0.4 is 9.80 Å². The smallest absolute Gasteiger partial charge is 0.252 e. The van der Waals surface area contributed by atoms with Crippen LogP contribution in [0.5, 0.6) is 0 Å². The Labute approximate surface area is 116 Å². The second-order valence-electron chi connectivity index (χ2n) is 5.00. The molecule has 3 heterocycles. The Hall–Kier alpha value is -1.40. The van der Waals surface area contributed by atoms with E-state index in [2.05, 4.69) is 9.97 Å². The lowest BCUT2D eigenvalue weighted by molar-refractivity contribution is -0.122. The number of aromatic nitrogens is 2. The molecule has 2 atom stereocenters. The average Bonchev–Trinajstić information content (AvgIpc) is 2.35. The Morgan fingerprint density at radius 2 is 2.21 bits per heavy atom. The number of nitrogens with zero attached hydrogens (tertiary/aromatic N) is 4. The van der Waals surface area contributed by atoms with E-state index in [-0.39, 0.29) is 11.2 Å². The van der Waals surface area contributed by atoms with E-state index in [1.807, 2.05) is 0 Å². The summed E-state index contributed by atoms with van der Waals surface area (Å²) in [5.74, 6) is 0.525. The van der Waals surface area contributed by atoms with E-state index in [0.717, 1.165) is 24.2 Å². The molecule has 2 aliphatic heterocycles. The van der Waals surface area contributed by atoms with Crippen molar-refractivity contribution in [2.24, 2.45) is 0 Å². The number of aliphatic hydroxyl groups is 1. The molecule has 0 saturated carbocycles. The quantitative estimate of drug-likeness (QED) is 0.764. The van der Waals surface area contributed by atoms with Crippen molar-refractivity contribution in [3.05, 3.63) is 11.0 Å². The summed E-state index contributed by atoms with van der Waals surface area (Å²) < 4.78 is 0. The van der Waals surface area contributed by atoms with E-state index < -0.39 is 12.1 Å². The predicted octanol–water partition coefficient (Wildman–Crippen LogP) is 0.608. The molecular formula is C12H15ClN4O2. The van der Waals surface area contributed by atoms with Crippen LogP contribution in [0.1, 0.15) is 19.0 Å². The number of anilines is 2. The molecule has 0 bridgehead atoms. The molecule has 0 fully saturated rings. The molecule has 0 unspecified atom stereocenters. The van der Waals surface area contributed by atoms with E-state index in [9.17, 15) is 9.90 Å². The van der Waals surface area contributed by atoms with Gasteiger partial charge in [0, 0.05) is 13.6 Å². The first-order valence-corrected chi connectivity index (χ1v) is 6.67. The van der Waals surface area contributed by atoms with Crippen molar-refractivity contribution in [2.75, 3.05) is 23.4 Å². The summed E-state index contributed by atoms with van der Waals surface area (Å²) >= 11 is 5.95. The maximum atomic E-state index is 12.5. The first kappa shape index (κ1) is 12.6. The first-order valence-electron chi connectivity index (χ1n) is 6.29. The van der Waals surface area contributed by atoms with Crippen LogP contribution in [0.25, 0.3) is 0 Å². The minimum atomic E-state index is -0.773. The SMILES string of the molecule is C[C@H](O)[C@H]1C(=O)N2CCCc3nc(Cl)nc(c32)N1C. The zero-order valence-electron chi connectivity index (χ0n) is 10.8. The third-order valence-corrected chi connectivity index (χ3v) is 3.87. The summed E-state index contributed by atoms with van der Waals surface area (Å²) in [7, 11) is 1.75. The predicted molar refractivity (Wildman–Crippen MR) is 71.6 cm³/mol. The van der Waals surface area contributed by atoms with Crippen molar-refractivity contribution in [3.63, 3.8) is 0 Å². The molecule has 102 valence electrons. The van der Waals surface area contributed by atoms with Crippen molar-refractivity contribution < 1.29 is 9.90 Å². The second-order valence-corrected chi connectivity index (χ2v) is 5.34. The lowest BCUT2D eigenvalue weighted by Gasteiger charge is -2.43. The van der Waals surface area contributed by atoms with Gasteiger partial charge in [-0.2, -0.15) is 4.98 Å². The molecule has 1 N–H and O–H groups in total. The van der Waals surface area contributed by atoms with Gasteiger partial charge in [0.15, 0.2) is 5.82 Å². The van der Waals surface area contributed by atoms with E-state index in [1.54, 1.807) is 23.8 Å². The largest absolute Gasteiger partial charge is 0.391 e. The minimum absolute atomic E-state index is 0.100. The van der Waals surface area contributed by atoms with Gasteiger partial charge in [-0.3, -0.25) is 4.79 Å². The van der Waals surface area contributed by atoms with Gasteiger partial charge in [-0.25, -0.2) is 4.98 Å². The number of halogens is 1. The second kappa shape index (κ2) is 4.31. The van der Waals surface area contributed by atoms with Crippen LogP contribution in [-0.2, 0) is 11.2 Å². The first-order chi connectivity index (χ1) is 9.00. The fraction of sp³-hybridized carbons (Fsp3) is 0.583. The Balaban J connectivity index is 2.21. The highest BCUT2D eigenvalue weighted by molar-refractivity contribution is 6.28. The van der Waals surface area contributed by atoms with Crippen molar-refractivity contribution in [1.82, 2.24) is 9.97 Å². The number of rotatable bonds is 1. The zero-order valence-corrected chi connectivity index (χ0v) is 11.6. The van der Waals surface area contributed by atoms with Gasteiger partial charge in [-0.1, -0.05) is 0 Å². The molecule has 1 amide bonds. The maximum absolute atomic E-state index is 12.5. The maximum Gasteiger partial charge on any atom is 0.252 e. The molecule has 0 saturated heterocycles. The highest BCUT2D eigenvalue weighted by Crippen LogP contribution is 2.40. The molecule has 1 aromatic rings. The number of aryl methyl sites for hydroxylation is 1. The number of hydrogen-bond donors (Lipinski definition) is 1. The van der Waals surface area contributed by atoms with Crippen molar-refractivity contribution >= 4 is 29.0 Å². The standard InChI is InChI=1S/C12H15ClN4O2/c1-6(18)8-11(19)17-5-3-4-7-9(17)10(16(8)2)15-12(13)14-7/h6,8,18H,3-5H2,1-2H3/t6-,8-/m0/s1. The van der Waals surface area contributed by atoms with Gasteiger partial charge >= 0.3 is 0 Å². The van der Waals surface area contributed by atoms with Crippen LogP contribution >= 0.6 is 11.6 Å². The molecule has 7 heteroatoms. The van der Waals surface area contributed by atoms with Gasteiger partial charge in [0.05, 0.1) is 11.8 Å². The molecule has 19 heavy (non-hydrogen) atoms. The molecule has 3 rings (SSSR count). The summed E-state index contributed by atoms with van der Waals surface area (Å²) in [6.45, 7) is 2.25. The Bertz CT molecular complexity index is 549. The molecule has 0 aliphatic carbocycles. The summed E-state index contributed by atoms with van der Waals surface area (Å²) in [6.07, 6.45) is 0.869. The monoisotopic (exact) mass is 282 g/mol. The van der Waals surface area contributed by atoms with Crippen molar-refractivity contribution in [3.8, 4) is 0 Å². The molecule has 1 aromatic heterocycles. The molecule has 0 aromatic carbocycles. The van der Waals surface area contributed by atoms with Crippen LogP contribution in [0.3, 0.4) is 0 Å². The number of hydrogen-bond acceptors (Lipinski definition) is 5. The number of carbonyl (C=O) groups excluding carboxylic acids is 1. The van der Waals surface area contributed by atoms with Crippen LogP contribution in [-0.4, -0.2) is 46.7 Å². The van der Waals surface area contributed by atoms with Crippen molar-refractivity contribution in [1.29, 1.82) is 0 Å². The Kier molecular flexibility index (Phi) is 2.87. The van der Waals surface area contributed by atoms with Gasteiger partial charge in [0.25, 0.3) is 5.91 Å².